The van der Waals surface area contributed by atoms with Crippen LogP contribution in [0.5, 0.6) is 0 Å². The minimum absolute atomic E-state index is 0.141. The van der Waals surface area contributed by atoms with Gasteiger partial charge in [0.05, 0.1) is 11.1 Å². The Bertz CT molecular complexity index is 1170. The van der Waals surface area contributed by atoms with Crippen LogP contribution in [-0.2, 0) is 29.4 Å². The molecule has 2 heterocycles. The molecule has 0 saturated carbocycles. The number of fused-ring (bicyclic) bond motifs is 3. The van der Waals surface area contributed by atoms with Crippen LogP contribution >= 0.6 is 0 Å². The third-order valence-electron chi connectivity index (χ3n) is 5.08. The Balaban J connectivity index is 1.91. The van der Waals surface area contributed by atoms with Crippen LogP contribution < -0.4 is 5.14 Å². The summed E-state index contributed by atoms with van der Waals surface area (Å²) in [7, 11) is -3.83. The van der Waals surface area contributed by atoms with Crippen LogP contribution in [0.4, 0.5) is 13.2 Å². The largest absolute Gasteiger partial charge is 0.416 e. The van der Waals surface area contributed by atoms with Gasteiger partial charge in [0.25, 0.3) is 10.2 Å². The predicted octanol–water partition coefficient (Wildman–Crippen LogP) is 3.52. The second-order valence-electron chi connectivity index (χ2n) is 6.95. The summed E-state index contributed by atoms with van der Waals surface area (Å²) in [6, 6.07) is 10.8. The molecule has 0 unspecified atom stereocenters. The number of nitrogens with zero attached hydrogens (tertiary/aromatic N) is 2. The molecule has 28 heavy (non-hydrogen) atoms. The molecule has 1 aliphatic heterocycles. The smallest absolute Gasteiger partial charge is 0.313 e. The van der Waals surface area contributed by atoms with Gasteiger partial charge in [-0.05, 0) is 48.9 Å². The Kier molecular flexibility index (Phi) is 4.29. The highest BCUT2D eigenvalue weighted by Gasteiger charge is 2.31. The van der Waals surface area contributed by atoms with Crippen LogP contribution in [0, 0.1) is 6.92 Å². The summed E-state index contributed by atoms with van der Waals surface area (Å²) in [5.74, 6) is 0. The Hall–Kier alpha value is -2.36. The molecule has 0 saturated heterocycles. The van der Waals surface area contributed by atoms with E-state index in [1.54, 1.807) is 0 Å². The Labute approximate surface area is 160 Å². The van der Waals surface area contributed by atoms with Crippen molar-refractivity contribution in [1.82, 2.24) is 8.87 Å². The van der Waals surface area contributed by atoms with Crippen molar-refractivity contribution < 1.29 is 21.6 Å². The van der Waals surface area contributed by atoms with Crippen LogP contribution in [0.25, 0.3) is 16.6 Å². The van der Waals surface area contributed by atoms with Crippen LogP contribution in [0.2, 0.25) is 0 Å². The summed E-state index contributed by atoms with van der Waals surface area (Å²) < 4.78 is 65.4. The van der Waals surface area contributed by atoms with Gasteiger partial charge in [0, 0.05) is 36.3 Å². The summed E-state index contributed by atoms with van der Waals surface area (Å²) >= 11 is 0. The molecular formula is C19H18F3N3O2S. The number of nitrogens with two attached hydrogens (primary N) is 1. The zero-order chi connectivity index (χ0) is 20.3. The van der Waals surface area contributed by atoms with Crippen LogP contribution in [-0.4, -0.2) is 23.8 Å². The van der Waals surface area contributed by atoms with Crippen molar-refractivity contribution in [2.45, 2.75) is 26.1 Å². The SMILES string of the molecule is Cc1ccc2c(c1)c1c(n2-c2ccc(C(F)(F)F)cc2)CCN(S(N)(=O)=O)C1. The highest BCUT2D eigenvalue weighted by Crippen LogP contribution is 2.36. The highest BCUT2D eigenvalue weighted by atomic mass is 32.2. The van der Waals surface area contributed by atoms with Gasteiger partial charge in [0.15, 0.2) is 0 Å². The normalized spacial score (nSPS) is 15.8. The first-order valence-corrected chi connectivity index (χ1v) is 10.1. The van der Waals surface area contributed by atoms with Gasteiger partial charge in [-0.3, -0.25) is 0 Å². The number of rotatable bonds is 2. The van der Waals surface area contributed by atoms with Crippen molar-refractivity contribution >= 4 is 21.1 Å². The first-order chi connectivity index (χ1) is 13.1. The minimum Gasteiger partial charge on any atom is -0.313 e. The molecule has 0 amide bonds. The molecule has 0 fully saturated rings. The van der Waals surface area contributed by atoms with Gasteiger partial charge in [-0.25, -0.2) is 5.14 Å². The van der Waals surface area contributed by atoms with Crippen LogP contribution in [0.3, 0.4) is 0 Å². The predicted molar refractivity (Wildman–Crippen MR) is 100 cm³/mol. The Morgan fingerprint density at radius 1 is 1.07 bits per heavy atom. The fourth-order valence-electron chi connectivity index (χ4n) is 3.76. The number of alkyl halides is 3. The molecule has 3 aromatic rings. The van der Waals surface area contributed by atoms with E-state index in [0.29, 0.717) is 12.1 Å². The summed E-state index contributed by atoms with van der Waals surface area (Å²) in [4.78, 5) is 0. The van der Waals surface area contributed by atoms with Crippen LogP contribution in [0.1, 0.15) is 22.4 Å². The van der Waals surface area contributed by atoms with Crippen molar-refractivity contribution in [2.75, 3.05) is 6.54 Å². The summed E-state index contributed by atoms with van der Waals surface area (Å²) in [6.45, 7) is 2.30. The van der Waals surface area contributed by atoms with E-state index >= 15 is 0 Å². The van der Waals surface area contributed by atoms with E-state index in [-0.39, 0.29) is 13.1 Å². The number of aromatic nitrogens is 1. The lowest BCUT2D eigenvalue weighted by Crippen LogP contribution is -2.40. The molecule has 2 N–H and O–H groups in total. The molecule has 0 atom stereocenters. The van der Waals surface area contributed by atoms with Crippen LogP contribution in [0.15, 0.2) is 42.5 Å². The molecular weight excluding hydrogens is 391 g/mol. The average Bonchev–Trinajstić information content (AvgIpc) is 2.93. The van der Waals surface area contributed by atoms with Crippen molar-refractivity contribution in [1.29, 1.82) is 0 Å². The molecule has 0 radical (unpaired) electrons. The fraction of sp³-hybridized carbons (Fsp3) is 0.263. The Morgan fingerprint density at radius 3 is 2.36 bits per heavy atom. The van der Waals surface area contributed by atoms with Crippen molar-refractivity contribution in [3.8, 4) is 5.69 Å². The number of hydrogen-bond donors (Lipinski definition) is 1. The van der Waals surface area contributed by atoms with Gasteiger partial charge in [-0.1, -0.05) is 11.6 Å². The fourth-order valence-corrected chi connectivity index (χ4v) is 4.41. The molecule has 1 aromatic heterocycles. The maximum absolute atomic E-state index is 12.9. The molecule has 0 aliphatic carbocycles. The molecule has 1 aliphatic rings. The van der Waals surface area contributed by atoms with Gasteiger partial charge in [-0.15, -0.1) is 0 Å². The molecule has 0 spiro atoms. The quantitative estimate of drug-likeness (QED) is 0.704. The molecule has 0 bridgehead atoms. The van der Waals surface area contributed by atoms with Crippen molar-refractivity contribution in [3.05, 3.63) is 64.8 Å². The second kappa shape index (κ2) is 6.33. The standard InChI is InChI=1S/C19H18F3N3O2S/c1-12-2-7-17-15(10-12)16-11-24(28(23,26)27)9-8-18(16)25(17)14-5-3-13(4-6-14)19(20,21)22/h2-7,10H,8-9,11H2,1H3,(H2,23,26,27). The molecule has 9 heteroatoms. The van der Waals surface area contributed by atoms with E-state index in [9.17, 15) is 21.6 Å². The van der Waals surface area contributed by atoms with E-state index in [2.05, 4.69) is 0 Å². The highest BCUT2D eigenvalue weighted by molar-refractivity contribution is 7.86. The summed E-state index contributed by atoms with van der Waals surface area (Å²) in [6.07, 6.45) is -3.98. The first kappa shape index (κ1) is 19.0. The van der Waals surface area contributed by atoms with Crippen molar-refractivity contribution in [2.24, 2.45) is 5.14 Å². The lowest BCUT2D eigenvalue weighted by Gasteiger charge is -2.25. The number of aryl methyl sites for hydroxylation is 1. The molecule has 148 valence electrons. The van der Waals surface area contributed by atoms with Gasteiger partial charge < -0.3 is 4.57 Å². The monoisotopic (exact) mass is 409 g/mol. The average molecular weight is 409 g/mol. The molecule has 2 aromatic carbocycles. The third-order valence-corrected chi connectivity index (χ3v) is 6.11. The van der Waals surface area contributed by atoms with E-state index in [1.165, 1.54) is 16.4 Å². The van der Waals surface area contributed by atoms with E-state index in [0.717, 1.165) is 39.9 Å². The molecule has 4 rings (SSSR count). The van der Waals surface area contributed by atoms with E-state index in [1.807, 2.05) is 29.7 Å². The minimum atomic E-state index is -4.40. The third kappa shape index (κ3) is 3.19. The topological polar surface area (TPSA) is 68.3 Å². The lowest BCUT2D eigenvalue weighted by atomic mass is 10.0. The summed E-state index contributed by atoms with van der Waals surface area (Å²) in [5, 5.41) is 6.18. The molecule has 5 nitrogen and oxygen atoms in total. The van der Waals surface area contributed by atoms with E-state index < -0.39 is 21.9 Å². The number of halogens is 3. The van der Waals surface area contributed by atoms with Gasteiger partial charge in [0.1, 0.15) is 0 Å². The van der Waals surface area contributed by atoms with Gasteiger partial charge in [0.2, 0.25) is 0 Å². The summed E-state index contributed by atoms with van der Waals surface area (Å²) in [5.41, 5.74) is 3.45. The number of benzene rings is 2. The Morgan fingerprint density at radius 2 is 1.75 bits per heavy atom. The second-order valence-corrected chi connectivity index (χ2v) is 8.50. The van der Waals surface area contributed by atoms with E-state index in [4.69, 9.17) is 5.14 Å². The number of hydrogen-bond acceptors (Lipinski definition) is 2. The maximum atomic E-state index is 12.9. The van der Waals surface area contributed by atoms with Crippen molar-refractivity contribution in [3.63, 3.8) is 0 Å². The zero-order valence-corrected chi connectivity index (χ0v) is 15.8. The maximum Gasteiger partial charge on any atom is 0.416 e. The van der Waals surface area contributed by atoms with Gasteiger partial charge >= 0.3 is 6.18 Å². The van der Waals surface area contributed by atoms with Gasteiger partial charge in [-0.2, -0.15) is 25.9 Å². The first-order valence-electron chi connectivity index (χ1n) is 8.64. The lowest BCUT2D eigenvalue weighted by molar-refractivity contribution is -0.137. The zero-order valence-electron chi connectivity index (χ0n) is 15.0.